The smallest absolute Gasteiger partial charge is 0.0746 e. The van der Waals surface area contributed by atoms with Crippen LogP contribution in [0.4, 0.5) is 17.1 Å². The molecule has 0 atom stereocenters. The quantitative estimate of drug-likeness (QED) is 0.178. The second kappa shape index (κ2) is 11.4. The molecule has 12 rings (SSSR count). The molecule has 0 aliphatic heterocycles. The van der Waals surface area contributed by atoms with Crippen LogP contribution in [0.25, 0.3) is 60.5 Å². The molecule has 0 radical (unpaired) electrons. The zero-order valence-corrected chi connectivity index (χ0v) is 30.0. The number of aromatic nitrogens is 1. The van der Waals surface area contributed by atoms with Crippen LogP contribution >= 0.6 is 0 Å². The molecule has 2 nitrogen and oxygen atoms in total. The Balaban J connectivity index is 1.22. The maximum absolute atomic E-state index is 2.56. The normalized spacial score (nSPS) is 13.2. The van der Waals surface area contributed by atoms with Crippen LogP contribution < -0.4 is 4.90 Å². The van der Waals surface area contributed by atoms with Crippen molar-refractivity contribution in [1.29, 1.82) is 0 Å². The van der Waals surface area contributed by atoms with Gasteiger partial charge in [0.2, 0.25) is 0 Å². The van der Waals surface area contributed by atoms with E-state index in [-0.39, 0.29) is 0 Å². The van der Waals surface area contributed by atoms with E-state index >= 15 is 0 Å². The number of para-hydroxylation sites is 3. The average Bonchev–Trinajstić information content (AvgIpc) is 3.87. The first-order valence-corrected chi connectivity index (χ1v) is 19.1. The average molecular weight is 699 g/mol. The van der Waals surface area contributed by atoms with Gasteiger partial charge in [-0.2, -0.15) is 0 Å². The van der Waals surface area contributed by atoms with Gasteiger partial charge in [0.25, 0.3) is 0 Å². The number of rotatable bonds is 4. The molecule has 1 spiro atoms. The van der Waals surface area contributed by atoms with Crippen LogP contribution in [0.3, 0.4) is 0 Å². The molecule has 0 amide bonds. The summed E-state index contributed by atoms with van der Waals surface area (Å²) in [5.41, 5.74) is 17.2. The van der Waals surface area contributed by atoms with Crippen LogP contribution in [0.2, 0.25) is 0 Å². The van der Waals surface area contributed by atoms with Gasteiger partial charge < -0.3 is 9.47 Å². The number of hydrogen-bond donors (Lipinski definition) is 0. The fourth-order valence-corrected chi connectivity index (χ4v) is 10.1. The Hall–Kier alpha value is -7.16. The molecule has 2 heteroatoms. The highest BCUT2D eigenvalue weighted by Crippen LogP contribution is 2.66. The number of nitrogens with zero attached hydrogens (tertiary/aromatic N) is 2. The highest BCUT2D eigenvalue weighted by molar-refractivity contribution is 6.27. The molecule has 1 aromatic heterocycles. The van der Waals surface area contributed by atoms with E-state index in [1.165, 1.54) is 77.1 Å². The predicted octanol–water partition coefficient (Wildman–Crippen LogP) is 13.8. The Morgan fingerprint density at radius 2 is 0.818 bits per heavy atom. The van der Waals surface area contributed by atoms with Crippen LogP contribution in [-0.2, 0) is 5.41 Å². The lowest BCUT2D eigenvalue weighted by Crippen LogP contribution is -2.26. The topological polar surface area (TPSA) is 8.17 Å². The Morgan fingerprint density at radius 1 is 0.364 bits per heavy atom. The van der Waals surface area contributed by atoms with Crippen molar-refractivity contribution in [3.8, 4) is 27.9 Å². The highest BCUT2D eigenvalue weighted by atomic mass is 15.1. The monoisotopic (exact) mass is 698 g/mol. The largest absolute Gasteiger partial charge is 0.311 e. The van der Waals surface area contributed by atoms with Crippen molar-refractivity contribution in [2.45, 2.75) is 5.41 Å². The molecular formula is C53H34N2. The summed E-state index contributed by atoms with van der Waals surface area (Å²) in [7, 11) is 0. The van der Waals surface area contributed by atoms with E-state index in [2.05, 4.69) is 216 Å². The molecule has 0 saturated carbocycles. The first-order chi connectivity index (χ1) is 27.3. The van der Waals surface area contributed by atoms with Crippen LogP contribution in [0.1, 0.15) is 22.3 Å². The molecule has 0 N–H and O–H groups in total. The van der Waals surface area contributed by atoms with Crippen LogP contribution in [0, 0.1) is 0 Å². The van der Waals surface area contributed by atoms with Crippen LogP contribution in [0.15, 0.2) is 206 Å². The number of benzene rings is 9. The molecule has 10 aromatic rings. The summed E-state index contributed by atoms with van der Waals surface area (Å²) in [6.07, 6.45) is 0. The summed E-state index contributed by atoms with van der Waals surface area (Å²) in [6.45, 7) is 0. The van der Waals surface area contributed by atoms with Gasteiger partial charge in [0.1, 0.15) is 0 Å². The van der Waals surface area contributed by atoms with Gasteiger partial charge in [-0.15, -0.1) is 0 Å². The van der Waals surface area contributed by atoms with Crippen molar-refractivity contribution in [3.63, 3.8) is 0 Å². The third-order valence-corrected chi connectivity index (χ3v) is 12.1. The molecule has 2 aliphatic carbocycles. The van der Waals surface area contributed by atoms with Gasteiger partial charge in [0.05, 0.1) is 16.4 Å². The second-order valence-corrected chi connectivity index (χ2v) is 14.8. The van der Waals surface area contributed by atoms with E-state index in [0.29, 0.717) is 0 Å². The van der Waals surface area contributed by atoms with E-state index in [1.807, 2.05) is 0 Å². The van der Waals surface area contributed by atoms with Gasteiger partial charge in [-0.05, 0) is 104 Å². The SMILES string of the molecule is c1ccc(N(c2ccccc2)c2ccc(-n3c4ccccc4c4c5ccccc5c5c(c43)C3(c4ccccc4-c4ccccc43)c3ccccc3-5)cc2)cc1. The molecule has 256 valence electrons. The summed E-state index contributed by atoms with van der Waals surface area (Å²) in [4.78, 5) is 2.33. The van der Waals surface area contributed by atoms with Gasteiger partial charge in [0.15, 0.2) is 0 Å². The third-order valence-electron chi connectivity index (χ3n) is 12.1. The van der Waals surface area contributed by atoms with Crippen molar-refractivity contribution in [1.82, 2.24) is 4.57 Å². The van der Waals surface area contributed by atoms with E-state index < -0.39 is 5.41 Å². The summed E-state index contributed by atoms with van der Waals surface area (Å²) in [5, 5.41) is 5.16. The maximum Gasteiger partial charge on any atom is 0.0746 e. The molecule has 0 bridgehead atoms. The van der Waals surface area contributed by atoms with Crippen molar-refractivity contribution in [2.24, 2.45) is 0 Å². The molecular weight excluding hydrogens is 665 g/mol. The van der Waals surface area contributed by atoms with Crippen molar-refractivity contribution in [3.05, 3.63) is 229 Å². The molecule has 1 heterocycles. The maximum atomic E-state index is 2.56. The van der Waals surface area contributed by atoms with Crippen LogP contribution in [-0.4, -0.2) is 4.57 Å². The molecule has 9 aromatic carbocycles. The second-order valence-electron chi connectivity index (χ2n) is 14.8. The van der Waals surface area contributed by atoms with Crippen molar-refractivity contribution >= 4 is 49.6 Å². The summed E-state index contributed by atoms with van der Waals surface area (Å²) in [6, 6.07) is 76.0. The summed E-state index contributed by atoms with van der Waals surface area (Å²) < 4.78 is 2.56. The van der Waals surface area contributed by atoms with Crippen LogP contribution in [0.5, 0.6) is 0 Å². The Bertz CT molecular complexity index is 3050. The molecule has 0 fully saturated rings. The van der Waals surface area contributed by atoms with Crippen molar-refractivity contribution in [2.75, 3.05) is 4.90 Å². The van der Waals surface area contributed by atoms with E-state index in [1.54, 1.807) is 0 Å². The fraction of sp³-hybridized carbons (Fsp3) is 0.0189. The van der Waals surface area contributed by atoms with E-state index in [9.17, 15) is 0 Å². The minimum atomic E-state index is -0.495. The Labute approximate surface area is 319 Å². The predicted molar refractivity (Wildman–Crippen MR) is 229 cm³/mol. The highest BCUT2D eigenvalue weighted by Gasteiger charge is 2.53. The van der Waals surface area contributed by atoms with Gasteiger partial charge in [-0.1, -0.05) is 152 Å². The summed E-state index contributed by atoms with van der Waals surface area (Å²) >= 11 is 0. The standard InChI is InChI=1S/C53H34N2/c1-3-17-35(18-4-1)54(36-19-5-2-6-20-36)37-31-33-38(34-32-37)55-48-30-16-12-26-44(48)50-42-24-8-7-23-41(42)49-43-25-11-15-29-47(43)53(51(49)52(50)55)45-27-13-9-21-39(45)40-22-10-14-28-46(40)53/h1-34H. The first kappa shape index (κ1) is 30.3. The lowest BCUT2D eigenvalue weighted by atomic mass is 9.70. The molecule has 0 unspecified atom stereocenters. The number of hydrogen-bond acceptors (Lipinski definition) is 1. The minimum absolute atomic E-state index is 0.495. The molecule has 0 saturated heterocycles. The lowest BCUT2D eigenvalue weighted by molar-refractivity contribution is 0.797. The molecule has 2 aliphatic rings. The number of anilines is 3. The third kappa shape index (κ3) is 3.98. The van der Waals surface area contributed by atoms with Gasteiger partial charge >= 0.3 is 0 Å². The fourth-order valence-electron chi connectivity index (χ4n) is 10.1. The number of fused-ring (bicyclic) bond motifs is 17. The van der Waals surface area contributed by atoms with E-state index in [0.717, 1.165) is 22.7 Å². The van der Waals surface area contributed by atoms with Gasteiger partial charge in [0, 0.05) is 39.1 Å². The Morgan fingerprint density at radius 3 is 1.44 bits per heavy atom. The zero-order valence-electron chi connectivity index (χ0n) is 30.0. The molecule has 55 heavy (non-hydrogen) atoms. The van der Waals surface area contributed by atoms with Gasteiger partial charge in [-0.3, -0.25) is 0 Å². The minimum Gasteiger partial charge on any atom is -0.311 e. The Kier molecular flexibility index (Phi) is 6.29. The van der Waals surface area contributed by atoms with E-state index in [4.69, 9.17) is 0 Å². The lowest BCUT2D eigenvalue weighted by Gasteiger charge is -2.32. The van der Waals surface area contributed by atoms with Gasteiger partial charge in [-0.25, -0.2) is 0 Å². The first-order valence-electron chi connectivity index (χ1n) is 19.1. The summed E-state index contributed by atoms with van der Waals surface area (Å²) in [5.74, 6) is 0. The zero-order chi connectivity index (χ0) is 36.1. The van der Waals surface area contributed by atoms with Crippen molar-refractivity contribution < 1.29 is 0 Å².